The molecule has 0 spiro atoms. The lowest BCUT2D eigenvalue weighted by molar-refractivity contribution is -0.136. The van der Waals surface area contributed by atoms with Crippen LogP contribution in [0.1, 0.15) is 11.1 Å². The van der Waals surface area contributed by atoms with Gasteiger partial charge in [-0.1, -0.05) is 12.1 Å². The highest BCUT2D eigenvalue weighted by molar-refractivity contribution is 5.71. The first-order chi connectivity index (χ1) is 5.61. The molecule has 64 valence electrons. The second kappa shape index (κ2) is 3.26. The lowest BCUT2D eigenvalue weighted by Crippen LogP contribution is -2.01. The standard InChI is InChI=1S/C9H10O3/c1-6-3-2-4-8(10)7(6)5-9(11)12/h2-4,10H,5H2,1H3,(H,11,12). The molecule has 0 aromatic heterocycles. The molecule has 1 rings (SSSR count). The van der Waals surface area contributed by atoms with Gasteiger partial charge in [0.15, 0.2) is 0 Å². The molecule has 1 aromatic carbocycles. The van der Waals surface area contributed by atoms with Crippen molar-refractivity contribution >= 4 is 5.97 Å². The molecule has 0 amide bonds. The normalized spacial score (nSPS) is 9.75. The van der Waals surface area contributed by atoms with Crippen LogP contribution in [0.5, 0.6) is 5.75 Å². The smallest absolute Gasteiger partial charge is 0.307 e. The SMILES string of the molecule is Cc1cccc(O)c1CC(=O)O. The van der Waals surface area contributed by atoms with E-state index in [4.69, 9.17) is 5.11 Å². The lowest BCUT2D eigenvalue weighted by Gasteiger charge is -2.04. The van der Waals surface area contributed by atoms with Crippen molar-refractivity contribution < 1.29 is 15.0 Å². The molecule has 0 atom stereocenters. The third kappa shape index (κ3) is 1.75. The molecule has 0 aliphatic carbocycles. The molecule has 0 fully saturated rings. The summed E-state index contributed by atoms with van der Waals surface area (Å²) in [6.07, 6.45) is -0.126. The van der Waals surface area contributed by atoms with Crippen LogP contribution in [-0.2, 0) is 11.2 Å². The van der Waals surface area contributed by atoms with Crippen molar-refractivity contribution in [1.29, 1.82) is 0 Å². The van der Waals surface area contributed by atoms with Crippen LogP contribution in [0.3, 0.4) is 0 Å². The Labute approximate surface area is 70.3 Å². The van der Waals surface area contributed by atoms with Crippen LogP contribution in [0, 0.1) is 6.92 Å². The van der Waals surface area contributed by atoms with E-state index in [9.17, 15) is 9.90 Å². The van der Waals surface area contributed by atoms with Crippen LogP contribution in [-0.4, -0.2) is 16.2 Å². The second-order valence-corrected chi connectivity index (χ2v) is 2.64. The van der Waals surface area contributed by atoms with E-state index < -0.39 is 5.97 Å². The highest BCUT2D eigenvalue weighted by atomic mass is 16.4. The Balaban J connectivity index is 3.04. The minimum atomic E-state index is -0.931. The minimum Gasteiger partial charge on any atom is -0.508 e. The van der Waals surface area contributed by atoms with Crippen molar-refractivity contribution in [1.82, 2.24) is 0 Å². The van der Waals surface area contributed by atoms with E-state index in [1.54, 1.807) is 19.1 Å². The highest BCUT2D eigenvalue weighted by Crippen LogP contribution is 2.20. The van der Waals surface area contributed by atoms with Gasteiger partial charge in [-0.2, -0.15) is 0 Å². The number of carbonyl (C=O) groups is 1. The Morgan fingerprint density at radius 1 is 1.50 bits per heavy atom. The number of carboxylic acid groups (broad SMARTS) is 1. The molecule has 3 heteroatoms. The number of phenolic OH excluding ortho intramolecular Hbond substituents is 1. The van der Waals surface area contributed by atoms with E-state index in [1.165, 1.54) is 6.07 Å². The average Bonchev–Trinajstić information content (AvgIpc) is 1.97. The quantitative estimate of drug-likeness (QED) is 0.696. The van der Waals surface area contributed by atoms with Crippen LogP contribution < -0.4 is 0 Å². The van der Waals surface area contributed by atoms with Gasteiger partial charge >= 0.3 is 5.97 Å². The number of benzene rings is 1. The van der Waals surface area contributed by atoms with Crippen molar-refractivity contribution in [3.05, 3.63) is 29.3 Å². The summed E-state index contributed by atoms with van der Waals surface area (Å²) >= 11 is 0. The number of hydrogen-bond donors (Lipinski definition) is 2. The number of aromatic hydroxyl groups is 1. The molecule has 0 aliphatic heterocycles. The topological polar surface area (TPSA) is 57.5 Å². The summed E-state index contributed by atoms with van der Waals surface area (Å²) in [6, 6.07) is 4.96. The van der Waals surface area contributed by atoms with Crippen molar-refractivity contribution in [2.75, 3.05) is 0 Å². The van der Waals surface area contributed by atoms with Gasteiger partial charge in [-0.25, -0.2) is 0 Å². The van der Waals surface area contributed by atoms with E-state index in [0.29, 0.717) is 5.56 Å². The monoisotopic (exact) mass is 166 g/mol. The van der Waals surface area contributed by atoms with Gasteiger partial charge in [0.25, 0.3) is 0 Å². The van der Waals surface area contributed by atoms with Gasteiger partial charge in [0.1, 0.15) is 5.75 Å². The number of aliphatic carboxylic acids is 1. The molecule has 3 nitrogen and oxygen atoms in total. The molecule has 0 heterocycles. The van der Waals surface area contributed by atoms with Crippen LogP contribution >= 0.6 is 0 Å². The third-order valence-corrected chi connectivity index (χ3v) is 1.71. The van der Waals surface area contributed by atoms with Crippen molar-refractivity contribution in [2.24, 2.45) is 0 Å². The molecule has 0 aliphatic rings. The summed E-state index contributed by atoms with van der Waals surface area (Å²) in [4.78, 5) is 10.4. The van der Waals surface area contributed by atoms with Gasteiger partial charge < -0.3 is 10.2 Å². The van der Waals surface area contributed by atoms with E-state index in [-0.39, 0.29) is 12.2 Å². The molecule has 12 heavy (non-hydrogen) atoms. The van der Waals surface area contributed by atoms with Gasteiger partial charge in [-0.05, 0) is 18.6 Å². The van der Waals surface area contributed by atoms with E-state index in [2.05, 4.69) is 0 Å². The minimum absolute atomic E-state index is 0.0531. The first-order valence-electron chi connectivity index (χ1n) is 3.60. The second-order valence-electron chi connectivity index (χ2n) is 2.64. The predicted molar refractivity (Wildman–Crippen MR) is 44.2 cm³/mol. The van der Waals surface area contributed by atoms with Gasteiger partial charge in [0.05, 0.1) is 6.42 Å². The van der Waals surface area contributed by atoms with Gasteiger partial charge in [0, 0.05) is 5.56 Å². The fourth-order valence-electron chi connectivity index (χ4n) is 1.07. The lowest BCUT2D eigenvalue weighted by atomic mass is 10.1. The first-order valence-corrected chi connectivity index (χ1v) is 3.60. The molecule has 2 N–H and O–H groups in total. The summed E-state index contributed by atoms with van der Waals surface area (Å²) in [7, 11) is 0. The largest absolute Gasteiger partial charge is 0.508 e. The summed E-state index contributed by atoms with van der Waals surface area (Å²) in [5.41, 5.74) is 1.29. The molecule has 1 aromatic rings. The first kappa shape index (κ1) is 8.59. The molecule has 0 radical (unpaired) electrons. The summed E-state index contributed by atoms with van der Waals surface area (Å²) in [6.45, 7) is 1.78. The zero-order valence-electron chi connectivity index (χ0n) is 6.74. The molecule has 0 saturated heterocycles. The zero-order chi connectivity index (χ0) is 9.14. The van der Waals surface area contributed by atoms with E-state index >= 15 is 0 Å². The maximum Gasteiger partial charge on any atom is 0.307 e. The number of phenols is 1. The number of carboxylic acids is 1. The summed E-state index contributed by atoms with van der Waals surface area (Å²) in [5.74, 6) is -0.878. The van der Waals surface area contributed by atoms with Crippen LogP contribution in [0.2, 0.25) is 0 Å². The third-order valence-electron chi connectivity index (χ3n) is 1.71. The summed E-state index contributed by atoms with van der Waals surface area (Å²) in [5, 5.41) is 17.8. The molecule has 0 unspecified atom stereocenters. The van der Waals surface area contributed by atoms with Crippen LogP contribution in [0.15, 0.2) is 18.2 Å². The van der Waals surface area contributed by atoms with Gasteiger partial charge in [-0.3, -0.25) is 4.79 Å². The molecular formula is C9H10O3. The molecule has 0 saturated carbocycles. The zero-order valence-corrected chi connectivity index (χ0v) is 6.74. The maximum absolute atomic E-state index is 10.4. The van der Waals surface area contributed by atoms with Gasteiger partial charge in [0.2, 0.25) is 0 Å². The fourth-order valence-corrected chi connectivity index (χ4v) is 1.07. The van der Waals surface area contributed by atoms with E-state index in [0.717, 1.165) is 5.56 Å². The Morgan fingerprint density at radius 2 is 2.17 bits per heavy atom. The average molecular weight is 166 g/mol. The Bertz CT molecular complexity index is 284. The highest BCUT2D eigenvalue weighted by Gasteiger charge is 2.07. The van der Waals surface area contributed by atoms with Crippen molar-refractivity contribution in [3.8, 4) is 5.75 Å². The van der Waals surface area contributed by atoms with Gasteiger partial charge in [-0.15, -0.1) is 0 Å². The Morgan fingerprint density at radius 3 is 2.67 bits per heavy atom. The Kier molecular flexibility index (Phi) is 2.33. The Hall–Kier alpha value is -1.51. The number of aryl methyl sites for hydroxylation is 1. The van der Waals surface area contributed by atoms with Crippen molar-refractivity contribution in [3.63, 3.8) is 0 Å². The summed E-state index contributed by atoms with van der Waals surface area (Å²) < 4.78 is 0. The van der Waals surface area contributed by atoms with Crippen LogP contribution in [0.4, 0.5) is 0 Å². The molecule has 0 bridgehead atoms. The number of hydrogen-bond acceptors (Lipinski definition) is 2. The van der Waals surface area contributed by atoms with Crippen molar-refractivity contribution in [2.45, 2.75) is 13.3 Å². The fraction of sp³-hybridized carbons (Fsp3) is 0.222. The van der Waals surface area contributed by atoms with E-state index in [1.807, 2.05) is 0 Å². The predicted octanol–water partition coefficient (Wildman–Crippen LogP) is 1.33. The number of rotatable bonds is 2. The molecular weight excluding hydrogens is 156 g/mol. The van der Waals surface area contributed by atoms with Crippen LogP contribution in [0.25, 0.3) is 0 Å². The maximum atomic E-state index is 10.4.